The van der Waals surface area contributed by atoms with E-state index in [0.717, 1.165) is 22.4 Å². The summed E-state index contributed by atoms with van der Waals surface area (Å²) in [6.07, 6.45) is 2.97. The molecule has 0 fully saturated rings. The standard InChI is InChI=1S/C21H23N3O3/c1-4-7-14-12-15(13-18(26-2)20(14)27-3)21(25)22-11-10-19-23-16-8-5-6-9-17(16)24-19/h4-6,8-9,12-13H,1,7,10-11H2,2-3H3,(H,22,25)(H,23,24). The summed E-state index contributed by atoms with van der Waals surface area (Å²) >= 11 is 0. The minimum Gasteiger partial charge on any atom is -0.493 e. The first-order valence-electron chi connectivity index (χ1n) is 8.74. The first kappa shape index (κ1) is 18.5. The normalized spacial score (nSPS) is 10.6. The van der Waals surface area contributed by atoms with Gasteiger partial charge in [0, 0.05) is 24.1 Å². The van der Waals surface area contributed by atoms with Crippen LogP contribution in [0.5, 0.6) is 11.5 Å². The molecule has 1 aromatic heterocycles. The summed E-state index contributed by atoms with van der Waals surface area (Å²) in [5.41, 5.74) is 3.30. The molecule has 6 heteroatoms. The second-order valence-corrected chi connectivity index (χ2v) is 6.07. The van der Waals surface area contributed by atoms with Crippen LogP contribution in [0.15, 0.2) is 49.1 Å². The number of carbonyl (C=O) groups is 1. The molecule has 0 atom stereocenters. The molecule has 3 aromatic rings. The number of para-hydroxylation sites is 2. The number of ether oxygens (including phenoxy) is 2. The number of methoxy groups -OCH3 is 2. The largest absolute Gasteiger partial charge is 0.493 e. The highest BCUT2D eigenvalue weighted by Crippen LogP contribution is 2.33. The van der Waals surface area contributed by atoms with Gasteiger partial charge in [-0.05, 0) is 30.7 Å². The van der Waals surface area contributed by atoms with E-state index in [1.165, 1.54) is 0 Å². The van der Waals surface area contributed by atoms with E-state index in [2.05, 4.69) is 21.9 Å². The first-order chi connectivity index (χ1) is 13.2. The molecular formula is C21H23N3O3. The van der Waals surface area contributed by atoms with Gasteiger partial charge in [-0.15, -0.1) is 6.58 Å². The fourth-order valence-electron chi connectivity index (χ4n) is 3.00. The summed E-state index contributed by atoms with van der Waals surface area (Å²) in [4.78, 5) is 20.3. The Kier molecular flexibility index (Phi) is 5.76. The van der Waals surface area contributed by atoms with Gasteiger partial charge in [0.25, 0.3) is 5.91 Å². The van der Waals surface area contributed by atoms with Gasteiger partial charge in [-0.25, -0.2) is 4.98 Å². The molecule has 0 spiro atoms. The van der Waals surface area contributed by atoms with Gasteiger partial charge in [0.1, 0.15) is 5.82 Å². The van der Waals surface area contributed by atoms with Crippen molar-refractivity contribution in [3.63, 3.8) is 0 Å². The molecule has 27 heavy (non-hydrogen) atoms. The highest BCUT2D eigenvalue weighted by atomic mass is 16.5. The molecule has 3 rings (SSSR count). The van der Waals surface area contributed by atoms with Crippen LogP contribution in [0, 0.1) is 0 Å². The number of H-pyrrole nitrogens is 1. The minimum absolute atomic E-state index is 0.169. The van der Waals surface area contributed by atoms with Crippen LogP contribution in [0.4, 0.5) is 0 Å². The van der Waals surface area contributed by atoms with E-state index in [4.69, 9.17) is 9.47 Å². The summed E-state index contributed by atoms with van der Waals surface area (Å²) in [6, 6.07) is 11.3. The maximum Gasteiger partial charge on any atom is 0.251 e. The molecule has 0 radical (unpaired) electrons. The van der Waals surface area contributed by atoms with Crippen molar-refractivity contribution in [1.29, 1.82) is 0 Å². The van der Waals surface area contributed by atoms with E-state index in [-0.39, 0.29) is 5.91 Å². The Morgan fingerprint density at radius 3 is 2.78 bits per heavy atom. The third kappa shape index (κ3) is 4.11. The quantitative estimate of drug-likeness (QED) is 0.601. The van der Waals surface area contributed by atoms with E-state index in [1.54, 1.807) is 32.4 Å². The van der Waals surface area contributed by atoms with Crippen LogP contribution in [0.3, 0.4) is 0 Å². The summed E-state index contributed by atoms with van der Waals surface area (Å²) in [5, 5.41) is 2.93. The van der Waals surface area contributed by atoms with Crippen molar-refractivity contribution in [2.45, 2.75) is 12.8 Å². The molecule has 6 nitrogen and oxygen atoms in total. The molecule has 0 bridgehead atoms. The predicted octanol–water partition coefficient (Wildman–Crippen LogP) is 3.28. The molecule has 0 aliphatic carbocycles. The average molecular weight is 365 g/mol. The molecule has 2 N–H and O–H groups in total. The number of benzene rings is 2. The van der Waals surface area contributed by atoms with E-state index >= 15 is 0 Å². The number of carbonyl (C=O) groups excluding carboxylic acids is 1. The molecular weight excluding hydrogens is 342 g/mol. The SMILES string of the molecule is C=CCc1cc(C(=O)NCCc2nc3ccccc3[nH]2)cc(OC)c1OC. The van der Waals surface area contributed by atoms with Gasteiger partial charge in [-0.3, -0.25) is 4.79 Å². The van der Waals surface area contributed by atoms with Crippen molar-refractivity contribution in [1.82, 2.24) is 15.3 Å². The number of amides is 1. The fourth-order valence-corrected chi connectivity index (χ4v) is 3.00. The second-order valence-electron chi connectivity index (χ2n) is 6.07. The number of aromatic amines is 1. The van der Waals surface area contributed by atoms with E-state index < -0.39 is 0 Å². The predicted molar refractivity (Wildman–Crippen MR) is 106 cm³/mol. The number of allylic oxidation sites excluding steroid dienone is 1. The van der Waals surface area contributed by atoms with Crippen molar-refractivity contribution >= 4 is 16.9 Å². The number of nitrogens with one attached hydrogen (secondary N) is 2. The van der Waals surface area contributed by atoms with Crippen LogP contribution in [-0.2, 0) is 12.8 Å². The van der Waals surface area contributed by atoms with Crippen LogP contribution < -0.4 is 14.8 Å². The number of rotatable bonds is 8. The third-order valence-electron chi connectivity index (χ3n) is 4.27. The first-order valence-corrected chi connectivity index (χ1v) is 8.74. The lowest BCUT2D eigenvalue weighted by Gasteiger charge is -2.14. The maximum absolute atomic E-state index is 12.6. The number of fused-ring (bicyclic) bond motifs is 1. The molecule has 0 saturated heterocycles. The van der Waals surface area contributed by atoms with Gasteiger partial charge < -0.3 is 19.8 Å². The Morgan fingerprint density at radius 1 is 1.26 bits per heavy atom. The molecule has 0 saturated carbocycles. The van der Waals surface area contributed by atoms with Gasteiger partial charge >= 0.3 is 0 Å². The molecule has 2 aromatic carbocycles. The summed E-state index contributed by atoms with van der Waals surface area (Å²) in [7, 11) is 3.14. The third-order valence-corrected chi connectivity index (χ3v) is 4.27. The Hall–Kier alpha value is -3.28. The highest BCUT2D eigenvalue weighted by molar-refractivity contribution is 5.95. The number of aromatic nitrogens is 2. The second kappa shape index (κ2) is 8.40. The number of nitrogens with zero attached hydrogens (tertiary/aromatic N) is 1. The number of imidazole rings is 1. The van der Waals surface area contributed by atoms with Crippen LogP contribution in [0.2, 0.25) is 0 Å². The van der Waals surface area contributed by atoms with Crippen molar-refractivity contribution in [3.8, 4) is 11.5 Å². The van der Waals surface area contributed by atoms with Gasteiger partial charge in [-0.2, -0.15) is 0 Å². The van der Waals surface area contributed by atoms with Crippen LogP contribution in [-0.4, -0.2) is 36.6 Å². The summed E-state index contributed by atoms with van der Waals surface area (Å²) in [6.45, 7) is 4.23. The lowest BCUT2D eigenvalue weighted by Crippen LogP contribution is -2.26. The molecule has 1 heterocycles. The molecule has 140 valence electrons. The smallest absolute Gasteiger partial charge is 0.251 e. The van der Waals surface area contributed by atoms with Crippen LogP contribution in [0.25, 0.3) is 11.0 Å². The van der Waals surface area contributed by atoms with Gasteiger partial charge in [0.05, 0.1) is 25.3 Å². The number of hydrogen-bond acceptors (Lipinski definition) is 4. The van der Waals surface area contributed by atoms with Gasteiger partial charge in [0.15, 0.2) is 11.5 Å². The molecule has 0 unspecified atom stereocenters. The highest BCUT2D eigenvalue weighted by Gasteiger charge is 2.15. The van der Waals surface area contributed by atoms with Crippen LogP contribution >= 0.6 is 0 Å². The van der Waals surface area contributed by atoms with Gasteiger partial charge in [-0.1, -0.05) is 18.2 Å². The Bertz CT molecular complexity index is 929. The Labute approximate surface area is 158 Å². The average Bonchev–Trinajstić information content (AvgIpc) is 3.10. The van der Waals surface area contributed by atoms with E-state index in [0.29, 0.717) is 36.4 Å². The van der Waals surface area contributed by atoms with E-state index in [9.17, 15) is 4.79 Å². The van der Waals surface area contributed by atoms with Gasteiger partial charge in [0.2, 0.25) is 0 Å². The zero-order valence-corrected chi connectivity index (χ0v) is 15.5. The van der Waals surface area contributed by atoms with Crippen molar-refractivity contribution in [2.75, 3.05) is 20.8 Å². The van der Waals surface area contributed by atoms with E-state index in [1.807, 2.05) is 24.3 Å². The molecule has 0 aliphatic heterocycles. The maximum atomic E-state index is 12.6. The van der Waals surface area contributed by atoms with Crippen molar-refractivity contribution < 1.29 is 14.3 Å². The van der Waals surface area contributed by atoms with Crippen LogP contribution in [0.1, 0.15) is 21.7 Å². The molecule has 1 amide bonds. The lowest BCUT2D eigenvalue weighted by molar-refractivity contribution is 0.0953. The monoisotopic (exact) mass is 365 g/mol. The van der Waals surface area contributed by atoms with Crippen molar-refractivity contribution in [2.24, 2.45) is 0 Å². The Morgan fingerprint density at radius 2 is 2.07 bits per heavy atom. The van der Waals surface area contributed by atoms with Crippen molar-refractivity contribution in [3.05, 3.63) is 66.0 Å². The lowest BCUT2D eigenvalue weighted by atomic mass is 10.0. The number of hydrogen-bond donors (Lipinski definition) is 2. The Balaban J connectivity index is 1.69. The zero-order chi connectivity index (χ0) is 19.2. The fraction of sp³-hybridized carbons (Fsp3) is 0.238. The topological polar surface area (TPSA) is 76.2 Å². The molecule has 0 aliphatic rings. The summed E-state index contributed by atoms with van der Waals surface area (Å²) < 4.78 is 10.8. The summed E-state index contributed by atoms with van der Waals surface area (Å²) in [5.74, 6) is 1.82. The minimum atomic E-state index is -0.169. The zero-order valence-electron chi connectivity index (χ0n) is 15.5.